The molecule has 2 amide bonds. The van der Waals surface area contributed by atoms with E-state index in [-0.39, 0.29) is 35.5 Å². The number of benzene rings is 2. The van der Waals surface area contributed by atoms with E-state index >= 15 is 0 Å². The first-order valence-electron chi connectivity index (χ1n) is 8.84. The number of hydrogen-bond donors (Lipinski definition) is 2. The van der Waals surface area contributed by atoms with Gasteiger partial charge in [0, 0.05) is 37.8 Å². The third-order valence-electron chi connectivity index (χ3n) is 4.49. The van der Waals surface area contributed by atoms with Crippen molar-refractivity contribution in [2.75, 3.05) is 39.9 Å². The van der Waals surface area contributed by atoms with Crippen molar-refractivity contribution in [1.29, 1.82) is 0 Å². The van der Waals surface area contributed by atoms with Gasteiger partial charge in [0.25, 0.3) is 11.8 Å². The lowest BCUT2D eigenvalue weighted by molar-refractivity contribution is -0.134. The van der Waals surface area contributed by atoms with Gasteiger partial charge >= 0.3 is 0 Å². The normalized spacial score (nSPS) is 13.9. The number of phenols is 2. The van der Waals surface area contributed by atoms with E-state index in [4.69, 9.17) is 9.47 Å². The Kier molecular flexibility index (Phi) is 5.88. The molecule has 1 aliphatic heterocycles. The number of phenolic OH excluding ortho intramolecular Hbond substituents is 2. The van der Waals surface area contributed by atoms with Gasteiger partial charge in [-0.25, -0.2) is 0 Å². The van der Waals surface area contributed by atoms with Crippen molar-refractivity contribution in [3.8, 4) is 23.0 Å². The average molecular weight is 386 g/mol. The van der Waals surface area contributed by atoms with Crippen LogP contribution in [0.15, 0.2) is 42.5 Å². The first kappa shape index (κ1) is 19.3. The van der Waals surface area contributed by atoms with E-state index < -0.39 is 0 Å². The molecule has 2 aromatic rings. The van der Waals surface area contributed by atoms with Crippen LogP contribution in [0.5, 0.6) is 23.0 Å². The van der Waals surface area contributed by atoms with Crippen LogP contribution in [0, 0.1) is 0 Å². The van der Waals surface area contributed by atoms with Gasteiger partial charge in [-0.15, -0.1) is 0 Å². The monoisotopic (exact) mass is 386 g/mol. The Balaban J connectivity index is 1.53. The maximum Gasteiger partial charge on any atom is 0.260 e. The molecule has 0 spiro atoms. The first-order valence-corrected chi connectivity index (χ1v) is 8.84. The Bertz CT molecular complexity index is 841. The number of carbonyl (C=O) groups excluding carboxylic acids is 2. The van der Waals surface area contributed by atoms with Crippen LogP contribution in [0.1, 0.15) is 10.4 Å². The summed E-state index contributed by atoms with van der Waals surface area (Å²) >= 11 is 0. The lowest BCUT2D eigenvalue weighted by Gasteiger charge is -2.34. The van der Waals surface area contributed by atoms with Crippen LogP contribution in [-0.2, 0) is 4.79 Å². The van der Waals surface area contributed by atoms with E-state index in [0.717, 1.165) is 6.07 Å². The van der Waals surface area contributed by atoms with Gasteiger partial charge < -0.3 is 29.5 Å². The third kappa shape index (κ3) is 4.46. The molecule has 0 saturated carbocycles. The maximum absolute atomic E-state index is 12.5. The lowest BCUT2D eigenvalue weighted by atomic mass is 10.1. The molecule has 0 radical (unpaired) electrons. The predicted molar refractivity (Wildman–Crippen MR) is 101 cm³/mol. The first-order chi connectivity index (χ1) is 13.5. The second kappa shape index (κ2) is 8.51. The van der Waals surface area contributed by atoms with Crippen LogP contribution in [-0.4, -0.2) is 71.7 Å². The summed E-state index contributed by atoms with van der Waals surface area (Å²) in [5.74, 6) is 0.226. The van der Waals surface area contributed by atoms with Crippen molar-refractivity contribution < 1.29 is 29.3 Å². The maximum atomic E-state index is 12.5. The van der Waals surface area contributed by atoms with Crippen LogP contribution in [0.4, 0.5) is 0 Å². The Morgan fingerprint density at radius 3 is 2.11 bits per heavy atom. The van der Waals surface area contributed by atoms with Gasteiger partial charge in [-0.1, -0.05) is 12.1 Å². The number of aromatic hydroxyl groups is 2. The van der Waals surface area contributed by atoms with E-state index in [0.29, 0.717) is 37.7 Å². The van der Waals surface area contributed by atoms with E-state index in [9.17, 15) is 19.8 Å². The highest BCUT2D eigenvalue weighted by molar-refractivity contribution is 5.95. The highest BCUT2D eigenvalue weighted by Gasteiger charge is 2.25. The summed E-state index contributed by atoms with van der Waals surface area (Å²) in [6.07, 6.45) is 0. The Morgan fingerprint density at radius 2 is 1.50 bits per heavy atom. The molecule has 0 atom stereocenters. The minimum atomic E-state index is -0.302. The quantitative estimate of drug-likeness (QED) is 0.807. The summed E-state index contributed by atoms with van der Waals surface area (Å²) in [6.45, 7) is 1.36. The summed E-state index contributed by atoms with van der Waals surface area (Å²) in [5, 5.41) is 19.1. The molecule has 1 saturated heterocycles. The molecule has 3 rings (SSSR count). The SMILES string of the molecule is COc1ccccc1OCC(=O)N1CCN(C(=O)c2cc(O)cc(O)c2)CC1. The van der Waals surface area contributed by atoms with Crippen molar-refractivity contribution in [3.63, 3.8) is 0 Å². The minimum Gasteiger partial charge on any atom is -0.508 e. The van der Waals surface area contributed by atoms with Gasteiger partial charge in [-0.05, 0) is 24.3 Å². The van der Waals surface area contributed by atoms with E-state index in [1.54, 1.807) is 28.0 Å². The van der Waals surface area contributed by atoms with Gasteiger partial charge in [0.15, 0.2) is 18.1 Å². The molecule has 1 heterocycles. The lowest BCUT2D eigenvalue weighted by Crippen LogP contribution is -2.51. The number of piperazine rings is 1. The average Bonchev–Trinajstić information content (AvgIpc) is 2.71. The number of ether oxygens (including phenoxy) is 2. The number of amides is 2. The number of nitrogens with zero attached hydrogens (tertiary/aromatic N) is 2. The van der Waals surface area contributed by atoms with Crippen LogP contribution in [0.3, 0.4) is 0 Å². The van der Waals surface area contributed by atoms with Crippen LogP contribution >= 0.6 is 0 Å². The number of rotatable bonds is 5. The van der Waals surface area contributed by atoms with Crippen molar-refractivity contribution in [2.45, 2.75) is 0 Å². The molecule has 8 heteroatoms. The second-order valence-electron chi connectivity index (χ2n) is 6.35. The highest BCUT2D eigenvalue weighted by Crippen LogP contribution is 2.26. The van der Waals surface area contributed by atoms with Gasteiger partial charge in [0.2, 0.25) is 0 Å². The fraction of sp³-hybridized carbons (Fsp3) is 0.300. The Labute approximate surface area is 162 Å². The number of para-hydroxylation sites is 2. The predicted octanol–water partition coefficient (Wildman–Crippen LogP) is 1.47. The second-order valence-corrected chi connectivity index (χ2v) is 6.35. The van der Waals surface area contributed by atoms with Crippen LogP contribution in [0.2, 0.25) is 0 Å². The molecular formula is C20H22N2O6. The Morgan fingerprint density at radius 1 is 0.929 bits per heavy atom. The van der Waals surface area contributed by atoms with Crippen molar-refractivity contribution >= 4 is 11.8 Å². The minimum absolute atomic E-state index is 0.116. The molecule has 1 fully saturated rings. The van der Waals surface area contributed by atoms with E-state index in [1.807, 2.05) is 6.07 Å². The summed E-state index contributed by atoms with van der Waals surface area (Å²) in [7, 11) is 1.53. The molecule has 8 nitrogen and oxygen atoms in total. The standard InChI is InChI=1S/C20H22N2O6/c1-27-17-4-2-3-5-18(17)28-13-19(25)21-6-8-22(9-7-21)20(26)14-10-15(23)12-16(24)11-14/h2-5,10-12,23-24H,6-9,13H2,1H3. The van der Waals surface area contributed by atoms with Gasteiger partial charge in [-0.3, -0.25) is 9.59 Å². The van der Waals surface area contributed by atoms with Crippen molar-refractivity contribution in [3.05, 3.63) is 48.0 Å². The largest absolute Gasteiger partial charge is 0.508 e. The molecule has 0 unspecified atom stereocenters. The summed E-state index contributed by atoms with van der Waals surface area (Å²) < 4.78 is 10.8. The van der Waals surface area contributed by atoms with Gasteiger partial charge in [0.1, 0.15) is 11.5 Å². The molecule has 1 aliphatic rings. The highest BCUT2D eigenvalue weighted by atomic mass is 16.5. The summed E-state index contributed by atoms with van der Waals surface area (Å²) in [6, 6.07) is 10.9. The van der Waals surface area contributed by atoms with Crippen LogP contribution in [0.25, 0.3) is 0 Å². The Hall–Kier alpha value is -3.42. The van der Waals surface area contributed by atoms with E-state index in [2.05, 4.69) is 0 Å². The fourth-order valence-electron chi connectivity index (χ4n) is 3.03. The molecule has 148 valence electrons. The van der Waals surface area contributed by atoms with Gasteiger partial charge in [0.05, 0.1) is 7.11 Å². The molecule has 28 heavy (non-hydrogen) atoms. The molecule has 0 bridgehead atoms. The van der Waals surface area contributed by atoms with Crippen LogP contribution < -0.4 is 9.47 Å². The topological polar surface area (TPSA) is 99.5 Å². The zero-order valence-electron chi connectivity index (χ0n) is 15.5. The zero-order valence-corrected chi connectivity index (χ0v) is 15.5. The third-order valence-corrected chi connectivity index (χ3v) is 4.49. The van der Waals surface area contributed by atoms with Gasteiger partial charge in [-0.2, -0.15) is 0 Å². The van der Waals surface area contributed by atoms with E-state index in [1.165, 1.54) is 19.2 Å². The zero-order chi connectivity index (χ0) is 20.1. The molecular weight excluding hydrogens is 364 g/mol. The number of carbonyl (C=O) groups is 2. The van der Waals surface area contributed by atoms with Crippen molar-refractivity contribution in [2.24, 2.45) is 0 Å². The van der Waals surface area contributed by atoms with Crippen molar-refractivity contribution in [1.82, 2.24) is 9.80 Å². The summed E-state index contributed by atoms with van der Waals surface area (Å²) in [4.78, 5) is 28.1. The fourth-order valence-corrected chi connectivity index (χ4v) is 3.03. The molecule has 0 aliphatic carbocycles. The molecule has 2 N–H and O–H groups in total. The smallest absolute Gasteiger partial charge is 0.260 e. The number of methoxy groups -OCH3 is 1. The molecule has 0 aromatic heterocycles. The summed E-state index contributed by atoms with van der Waals surface area (Å²) in [5.41, 5.74) is 0.205. The molecule has 2 aromatic carbocycles. The number of hydrogen-bond acceptors (Lipinski definition) is 6.